The highest BCUT2D eigenvalue weighted by atomic mass is 16.5. The lowest BCUT2D eigenvalue weighted by Gasteiger charge is -2.09. The van der Waals surface area contributed by atoms with Crippen molar-refractivity contribution in [1.82, 2.24) is 10.1 Å². The molecular formula is C22H18N2O2. The third-order valence-electron chi connectivity index (χ3n) is 4.18. The van der Waals surface area contributed by atoms with Crippen molar-refractivity contribution in [1.29, 1.82) is 0 Å². The van der Waals surface area contributed by atoms with Gasteiger partial charge in [0.2, 0.25) is 5.82 Å². The summed E-state index contributed by atoms with van der Waals surface area (Å²) in [5.41, 5.74) is 4.21. The maximum atomic E-state index is 5.96. The molecule has 4 nitrogen and oxygen atoms in total. The quantitative estimate of drug-likeness (QED) is 0.494. The first kappa shape index (κ1) is 16.1. The van der Waals surface area contributed by atoms with Gasteiger partial charge in [0.05, 0.1) is 0 Å². The van der Waals surface area contributed by atoms with Crippen LogP contribution in [0.25, 0.3) is 22.5 Å². The Bertz CT molecular complexity index is 1010. The fraction of sp³-hybridized carbons (Fsp3) is 0.0909. The SMILES string of the molecule is Cc1ccccc1-c1noc(COc2ccccc2-c2ccccc2)n1. The average Bonchev–Trinajstić information content (AvgIpc) is 3.16. The molecule has 4 heteroatoms. The molecule has 0 unspecified atom stereocenters. The number of benzene rings is 3. The van der Waals surface area contributed by atoms with E-state index in [2.05, 4.69) is 22.3 Å². The van der Waals surface area contributed by atoms with E-state index in [1.54, 1.807) is 0 Å². The second-order valence-corrected chi connectivity index (χ2v) is 5.98. The number of para-hydroxylation sites is 1. The Hall–Kier alpha value is -3.40. The summed E-state index contributed by atoms with van der Waals surface area (Å²) < 4.78 is 11.3. The van der Waals surface area contributed by atoms with Crippen LogP contribution in [0.5, 0.6) is 5.75 Å². The van der Waals surface area contributed by atoms with Gasteiger partial charge in [0.15, 0.2) is 6.61 Å². The fourth-order valence-corrected chi connectivity index (χ4v) is 2.83. The Morgan fingerprint density at radius 2 is 1.50 bits per heavy atom. The highest BCUT2D eigenvalue weighted by Crippen LogP contribution is 2.30. The number of hydrogen-bond acceptors (Lipinski definition) is 4. The zero-order valence-corrected chi connectivity index (χ0v) is 14.4. The fourth-order valence-electron chi connectivity index (χ4n) is 2.83. The summed E-state index contributed by atoms with van der Waals surface area (Å²) in [5, 5.41) is 4.07. The van der Waals surface area contributed by atoms with Crippen molar-refractivity contribution in [2.45, 2.75) is 13.5 Å². The molecule has 0 bridgehead atoms. The molecular weight excluding hydrogens is 324 g/mol. The summed E-state index contributed by atoms with van der Waals surface area (Å²) in [6.45, 7) is 2.25. The van der Waals surface area contributed by atoms with Gasteiger partial charge in [-0.15, -0.1) is 0 Å². The van der Waals surface area contributed by atoms with Crippen molar-refractivity contribution >= 4 is 0 Å². The first-order valence-electron chi connectivity index (χ1n) is 8.47. The van der Waals surface area contributed by atoms with E-state index in [-0.39, 0.29) is 6.61 Å². The van der Waals surface area contributed by atoms with Crippen molar-refractivity contribution in [3.05, 3.63) is 90.3 Å². The van der Waals surface area contributed by atoms with Crippen LogP contribution >= 0.6 is 0 Å². The third kappa shape index (κ3) is 3.35. The topological polar surface area (TPSA) is 48.2 Å². The van der Waals surface area contributed by atoms with Crippen LogP contribution in [0.2, 0.25) is 0 Å². The molecule has 3 aromatic carbocycles. The smallest absolute Gasteiger partial charge is 0.264 e. The van der Waals surface area contributed by atoms with Crippen molar-refractivity contribution in [3.8, 4) is 28.3 Å². The minimum absolute atomic E-state index is 0.225. The van der Waals surface area contributed by atoms with E-state index < -0.39 is 0 Å². The summed E-state index contributed by atoms with van der Waals surface area (Å²) in [5.74, 6) is 1.82. The summed E-state index contributed by atoms with van der Waals surface area (Å²) in [6, 6.07) is 26.0. The molecule has 4 aromatic rings. The minimum atomic E-state index is 0.225. The Balaban J connectivity index is 1.53. The molecule has 1 heterocycles. The molecule has 128 valence electrons. The molecule has 0 amide bonds. The van der Waals surface area contributed by atoms with Gasteiger partial charge in [-0.25, -0.2) is 0 Å². The van der Waals surface area contributed by atoms with E-state index >= 15 is 0 Å². The van der Waals surface area contributed by atoms with E-state index in [4.69, 9.17) is 9.26 Å². The lowest BCUT2D eigenvalue weighted by Crippen LogP contribution is -1.97. The van der Waals surface area contributed by atoms with Crippen LogP contribution in [0.4, 0.5) is 0 Å². The number of hydrogen-bond donors (Lipinski definition) is 0. The van der Waals surface area contributed by atoms with E-state index in [9.17, 15) is 0 Å². The van der Waals surface area contributed by atoms with E-state index in [0.29, 0.717) is 11.7 Å². The van der Waals surface area contributed by atoms with Crippen molar-refractivity contribution in [2.24, 2.45) is 0 Å². The van der Waals surface area contributed by atoms with Gasteiger partial charge in [-0.05, 0) is 24.1 Å². The maximum Gasteiger partial charge on any atom is 0.264 e. The molecule has 0 saturated carbocycles. The Labute approximate surface area is 152 Å². The molecule has 0 spiro atoms. The molecule has 26 heavy (non-hydrogen) atoms. The summed E-state index contributed by atoms with van der Waals surface area (Å²) >= 11 is 0. The molecule has 0 fully saturated rings. The lowest BCUT2D eigenvalue weighted by atomic mass is 10.1. The van der Waals surface area contributed by atoms with Crippen LogP contribution < -0.4 is 4.74 Å². The van der Waals surface area contributed by atoms with Crippen molar-refractivity contribution in [2.75, 3.05) is 0 Å². The second-order valence-electron chi connectivity index (χ2n) is 5.98. The lowest BCUT2D eigenvalue weighted by molar-refractivity contribution is 0.244. The predicted octanol–water partition coefficient (Wildman–Crippen LogP) is 5.29. The summed E-state index contributed by atoms with van der Waals surface area (Å²) in [4.78, 5) is 4.46. The molecule has 1 aromatic heterocycles. The number of aromatic nitrogens is 2. The van der Waals surface area contributed by atoms with Crippen molar-refractivity contribution in [3.63, 3.8) is 0 Å². The van der Waals surface area contributed by atoms with Crippen LogP contribution in [-0.2, 0) is 6.61 Å². The van der Waals surface area contributed by atoms with Crippen LogP contribution in [0, 0.1) is 6.92 Å². The van der Waals surface area contributed by atoms with Gasteiger partial charge < -0.3 is 9.26 Å². The molecule has 0 atom stereocenters. The second kappa shape index (κ2) is 7.23. The Morgan fingerprint density at radius 3 is 2.31 bits per heavy atom. The zero-order valence-electron chi connectivity index (χ0n) is 14.4. The standard InChI is InChI=1S/C22H18N2O2/c1-16-9-5-6-12-18(16)22-23-21(26-24-22)15-25-20-14-8-7-13-19(20)17-10-3-2-4-11-17/h2-14H,15H2,1H3. The summed E-state index contributed by atoms with van der Waals surface area (Å²) in [6.07, 6.45) is 0. The van der Waals surface area contributed by atoms with Gasteiger partial charge in [0, 0.05) is 11.1 Å². The molecule has 4 rings (SSSR count). The molecule has 0 aliphatic heterocycles. The first-order chi connectivity index (χ1) is 12.8. The van der Waals surface area contributed by atoms with Crippen LogP contribution in [0.15, 0.2) is 83.4 Å². The molecule has 0 aliphatic rings. The number of ether oxygens (including phenoxy) is 1. The summed E-state index contributed by atoms with van der Waals surface area (Å²) in [7, 11) is 0. The normalized spacial score (nSPS) is 10.7. The molecule has 0 saturated heterocycles. The van der Waals surface area contributed by atoms with E-state index in [1.165, 1.54) is 0 Å². The Kier molecular flexibility index (Phi) is 4.48. The van der Waals surface area contributed by atoms with E-state index in [0.717, 1.165) is 28.0 Å². The van der Waals surface area contributed by atoms with Gasteiger partial charge >= 0.3 is 0 Å². The number of nitrogens with zero attached hydrogens (tertiary/aromatic N) is 2. The average molecular weight is 342 g/mol. The largest absolute Gasteiger partial charge is 0.483 e. The predicted molar refractivity (Wildman–Crippen MR) is 101 cm³/mol. The van der Waals surface area contributed by atoms with Crippen LogP contribution in [-0.4, -0.2) is 10.1 Å². The zero-order chi connectivity index (χ0) is 17.8. The van der Waals surface area contributed by atoms with Crippen LogP contribution in [0.3, 0.4) is 0 Å². The van der Waals surface area contributed by atoms with Gasteiger partial charge in [-0.1, -0.05) is 78.0 Å². The van der Waals surface area contributed by atoms with Gasteiger partial charge in [0.1, 0.15) is 5.75 Å². The van der Waals surface area contributed by atoms with E-state index in [1.807, 2.05) is 73.7 Å². The minimum Gasteiger partial charge on any atom is -0.483 e. The van der Waals surface area contributed by atoms with Crippen LogP contribution in [0.1, 0.15) is 11.5 Å². The maximum absolute atomic E-state index is 5.96. The first-order valence-corrected chi connectivity index (χ1v) is 8.47. The highest BCUT2D eigenvalue weighted by Gasteiger charge is 2.12. The molecule has 0 aliphatic carbocycles. The Morgan fingerprint density at radius 1 is 0.808 bits per heavy atom. The van der Waals surface area contributed by atoms with Crippen molar-refractivity contribution < 1.29 is 9.26 Å². The molecule has 0 N–H and O–H groups in total. The highest BCUT2D eigenvalue weighted by molar-refractivity contribution is 5.70. The van der Waals surface area contributed by atoms with Gasteiger partial charge in [-0.3, -0.25) is 0 Å². The van der Waals surface area contributed by atoms with Gasteiger partial charge in [0.25, 0.3) is 5.89 Å². The number of rotatable bonds is 5. The number of aryl methyl sites for hydroxylation is 1. The monoisotopic (exact) mass is 342 g/mol. The molecule has 0 radical (unpaired) electrons. The third-order valence-corrected chi connectivity index (χ3v) is 4.18. The van der Waals surface area contributed by atoms with Gasteiger partial charge in [-0.2, -0.15) is 4.98 Å².